The van der Waals surface area contributed by atoms with Crippen molar-refractivity contribution in [1.82, 2.24) is 15.5 Å². The highest BCUT2D eigenvalue weighted by atomic mass is 16.5. The summed E-state index contributed by atoms with van der Waals surface area (Å²) in [7, 11) is 0. The van der Waals surface area contributed by atoms with Gasteiger partial charge in [-0.2, -0.15) is 4.98 Å². The zero-order valence-corrected chi connectivity index (χ0v) is 11.6. The summed E-state index contributed by atoms with van der Waals surface area (Å²) >= 11 is 0. The van der Waals surface area contributed by atoms with Gasteiger partial charge in [0.05, 0.1) is 18.3 Å². The van der Waals surface area contributed by atoms with Crippen molar-refractivity contribution in [2.24, 2.45) is 0 Å². The van der Waals surface area contributed by atoms with E-state index in [1.54, 1.807) is 6.92 Å². The number of aliphatic hydroxyl groups is 1. The van der Waals surface area contributed by atoms with Crippen LogP contribution in [0.2, 0.25) is 0 Å². The molecule has 0 saturated carbocycles. The second-order valence-electron chi connectivity index (χ2n) is 5.26. The summed E-state index contributed by atoms with van der Waals surface area (Å²) in [6.45, 7) is 9.18. The summed E-state index contributed by atoms with van der Waals surface area (Å²) in [6.07, 6.45) is 0.181. The van der Waals surface area contributed by atoms with Gasteiger partial charge in [-0.3, -0.25) is 0 Å². The van der Waals surface area contributed by atoms with Crippen molar-refractivity contribution in [3.8, 4) is 0 Å². The molecule has 1 unspecified atom stereocenters. The highest BCUT2D eigenvalue weighted by Crippen LogP contribution is 2.06. The first-order valence-corrected chi connectivity index (χ1v) is 6.19. The van der Waals surface area contributed by atoms with E-state index in [9.17, 15) is 5.11 Å². The van der Waals surface area contributed by atoms with Crippen LogP contribution in [0.3, 0.4) is 0 Å². The van der Waals surface area contributed by atoms with Gasteiger partial charge < -0.3 is 19.7 Å². The van der Waals surface area contributed by atoms with Crippen molar-refractivity contribution in [1.29, 1.82) is 0 Å². The molecule has 1 atom stereocenters. The lowest BCUT2D eigenvalue weighted by atomic mass is 10.2. The molecule has 1 aromatic rings. The lowest BCUT2D eigenvalue weighted by Crippen LogP contribution is -2.34. The van der Waals surface area contributed by atoms with Crippen molar-refractivity contribution < 1.29 is 14.4 Å². The third-order valence-corrected chi connectivity index (χ3v) is 2.18. The third kappa shape index (κ3) is 6.68. The second kappa shape index (κ2) is 6.82. The van der Waals surface area contributed by atoms with Crippen molar-refractivity contribution in [2.75, 3.05) is 19.7 Å². The Bertz CT molecular complexity index is 347. The van der Waals surface area contributed by atoms with E-state index >= 15 is 0 Å². The average Bonchev–Trinajstić information content (AvgIpc) is 2.67. The Kier molecular flexibility index (Phi) is 5.71. The molecule has 0 fully saturated rings. The van der Waals surface area contributed by atoms with Gasteiger partial charge in [0, 0.05) is 26.4 Å². The van der Waals surface area contributed by atoms with Gasteiger partial charge in [-0.25, -0.2) is 0 Å². The van der Waals surface area contributed by atoms with Gasteiger partial charge in [0.25, 0.3) is 0 Å². The first-order valence-electron chi connectivity index (χ1n) is 6.19. The number of hydrogen-bond acceptors (Lipinski definition) is 6. The largest absolute Gasteiger partial charge is 0.389 e. The molecular weight excluding hydrogens is 234 g/mol. The first-order chi connectivity index (χ1) is 8.37. The van der Waals surface area contributed by atoms with Crippen molar-refractivity contribution >= 4 is 0 Å². The fraction of sp³-hybridized carbons (Fsp3) is 0.833. The van der Waals surface area contributed by atoms with Gasteiger partial charge in [0.1, 0.15) is 0 Å². The van der Waals surface area contributed by atoms with Gasteiger partial charge >= 0.3 is 0 Å². The summed E-state index contributed by atoms with van der Waals surface area (Å²) in [4.78, 5) is 4.09. The molecule has 1 aromatic heterocycles. The minimum absolute atomic E-state index is 0.219. The van der Waals surface area contributed by atoms with Crippen LogP contribution < -0.4 is 5.32 Å². The van der Waals surface area contributed by atoms with Crippen molar-refractivity contribution in [2.45, 2.75) is 45.8 Å². The molecule has 0 spiro atoms. The molecule has 104 valence electrons. The molecule has 0 radical (unpaired) electrons. The van der Waals surface area contributed by atoms with E-state index in [0.29, 0.717) is 37.8 Å². The monoisotopic (exact) mass is 257 g/mol. The van der Waals surface area contributed by atoms with E-state index in [4.69, 9.17) is 9.26 Å². The molecule has 6 nitrogen and oxygen atoms in total. The maximum atomic E-state index is 9.68. The van der Waals surface area contributed by atoms with E-state index < -0.39 is 6.10 Å². The lowest BCUT2D eigenvalue weighted by Gasteiger charge is -2.22. The fourth-order valence-electron chi connectivity index (χ4n) is 1.32. The molecule has 1 heterocycles. The minimum atomic E-state index is -0.503. The highest BCUT2D eigenvalue weighted by molar-refractivity contribution is 4.84. The normalized spacial score (nSPS) is 13.8. The topological polar surface area (TPSA) is 80.4 Å². The molecule has 0 amide bonds. The zero-order valence-electron chi connectivity index (χ0n) is 11.6. The summed E-state index contributed by atoms with van der Waals surface area (Å²) < 4.78 is 10.3. The number of aromatic nitrogens is 2. The number of hydrogen-bond donors (Lipinski definition) is 2. The van der Waals surface area contributed by atoms with Gasteiger partial charge in [0.2, 0.25) is 5.89 Å². The maximum absolute atomic E-state index is 9.68. The molecule has 0 bridgehead atoms. The van der Waals surface area contributed by atoms with Crippen molar-refractivity contribution in [3.05, 3.63) is 11.7 Å². The summed E-state index contributed by atoms with van der Waals surface area (Å²) in [5, 5.41) is 16.6. The van der Waals surface area contributed by atoms with Gasteiger partial charge in [-0.05, 0) is 20.8 Å². The molecule has 0 aliphatic heterocycles. The van der Waals surface area contributed by atoms with Crippen LogP contribution in [0.5, 0.6) is 0 Å². The number of aryl methyl sites for hydroxylation is 1. The Morgan fingerprint density at radius 2 is 2.17 bits per heavy atom. The van der Waals surface area contributed by atoms with Crippen LogP contribution in [0.1, 0.15) is 32.5 Å². The Morgan fingerprint density at radius 3 is 2.72 bits per heavy atom. The number of ether oxygens (including phenoxy) is 1. The van der Waals surface area contributed by atoms with Crippen LogP contribution >= 0.6 is 0 Å². The van der Waals surface area contributed by atoms with Crippen LogP contribution in [0, 0.1) is 6.92 Å². The number of nitrogens with one attached hydrogen (secondary N) is 1. The van der Waals surface area contributed by atoms with E-state index in [1.807, 2.05) is 20.8 Å². The predicted octanol–water partition coefficient (Wildman–Crippen LogP) is 0.686. The standard InChI is InChI=1S/C12H23N3O3/c1-9-14-11(15-18-9)5-6-13-7-10(16)8-17-12(2,3)4/h10,13,16H,5-8H2,1-4H3. The molecule has 0 aromatic carbocycles. The number of aliphatic hydroxyl groups excluding tert-OH is 1. The first kappa shape index (κ1) is 15.1. The van der Waals surface area contributed by atoms with Gasteiger partial charge in [-0.15, -0.1) is 0 Å². The fourth-order valence-corrected chi connectivity index (χ4v) is 1.32. The van der Waals surface area contributed by atoms with Crippen LogP contribution in [0.4, 0.5) is 0 Å². The number of rotatable bonds is 7. The Balaban J connectivity index is 2.07. The Morgan fingerprint density at radius 1 is 1.44 bits per heavy atom. The molecule has 1 rings (SSSR count). The maximum Gasteiger partial charge on any atom is 0.223 e. The molecule has 0 aliphatic rings. The molecule has 2 N–H and O–H groups in total. The molecule has 6 heteroatoms. The average molecular weight is 257 g/mol. The van der Waals surface area contributed by atoms with Crippen molar-refractivity contribution in [3.63, 3.8) is 0 Å². The van der Waals surface area contributed by atoms with E-state index in [1.165, 1.54) is 0 Å². The molecule has 0 saturated heterocycles. The Labute approximate surface area is 108 Å². The summed E-state index contributed by atoms with van der Waals surface area (Å²) in [6, 6.07) is 0. The zero-order chi connectivity index (χ0) is 13.6. The number of nitrogens with zero attached hydrogens (tertiary/aromatic N) is 2. The summed E-state index contributed by atoms with van der Waals surface area (Å²) in [5.74, 6) is 1.25. The van der Waals surface area contributed by atoms with E-state index in [2.05, 4.69) is 15.5 Å². The van der Waals surface area contributed by atoms with Gasteiger partial charge in [0.15, 0.2) is 5.82 Å². The highest BCUT2D eigenvalue weighted by Gasteiger charge is 2.13. The van der Waals surface area contributed by atoms with Gasteiger partial charge in [-0.1, -0.05) is 5.16 Å². The molecule has 18 heavy (non-hydrogen) atoms. The lowest BCUT2D eigenvalue weighted by molar-refractivity contribution is -0.0478. The second-order valence-corrected chi connectivity index (χ2v) is 5.26. The minimum Gasteiger partial charge on any atom is -0.389 e. The van der Waals surface area contributed by atoms with Crippen LogP contribution in [-0.2, 0) is 11.2 Å². The van der Waals surface area contributed by atoms with Crippen LogP contribution in [0.15, 0.2) is 4.52 Å². The van der Waals surface area contributed by atoms with E-state index in [-0.39, 0.29) is 5.60 Å². The third-order valence-electron chi connectivity index (χ3n) is 2.18. The van der Waals surface area contributed by atoms with Crippen LogP contribution in [-0.4, -0.2) is 46.6 Å². The summed E-state index contributed by atoms with van der Waals surface area (Å²) in [5.41, 5.74) is -0.219. The van der Waals surface area contributed by atoms with E-state index in [0.717, 1.165) is 0 Å². The smallest absolute Gasteiger partial charge is 0.223 e. The Hall–Kier alpha value is -0.980. The quantitative estimate of drug-likeness (QED) is 0.699. The van der Waals surface area contributed by atoms with Crippen LogP contribution in [0.25, 0.3) is 0 Å². The SMILES string of the molecule is Cc1nc(CCNCC(O)COC(C)(C)C)no1. The molecule has 0 aliphatic carbocycles. The molecular formula is C12H23N3O3. The predicted molar refractivity (Wildman–Crippen MR) is 67.3 cm³/mol.